The summed E-state index contributed by atoms with van der Waals surface area (Å²) < 4.78 is 0. The Hall–Kier alpha value is 0.290. The molecule has 130 valence electrons. The van der Waals surface area contributed by atoms with E-state index in [1.165, 1.54) is 96.3 Å². The van der Waals surface area contributed by atoms with Crippen molar-refractivity contribution in [2.75, 3.05) is 0 Å². The molecule has 0 N–H and O–H groups in total. The molecular weight excluding hydrogens is 276 g/mol. The van der Waals surface area contributed by atoms with Gasteiger partial charge in [-0.1, -0.05) is 105 Å². The van der Waals surface area contributed by atoms with Crippen LogP contribution in [0.4, 0.5) is 0 Å². The first-order chi connectivity index (χ1) is 9.68. The van der Waals surface area contributed by atoms with Crippen molar-refractivity contribution in [2.45, 2.75) is 124 Å². The minimum absolute atomic E-state index is 0. The zero-order chi connectivity index (χ0) is 15.1. The van der Waals surface area contributed by atoms with Crippen molar-refractivity contribution in [3.05, 3.63) is 0 Å². The van der Waals surface area contributed by atoms with Crippen LogP contribution in [0.15, 0.2) is 0 Å². The summed E-state index contributed by atoms with van der Waals surface area (Å²) in [6.07, 6.45) is 21.6. The first-order valence-electron chi connectivity index (χ1n) is 9.68. The van der Waals surface area contributed by atoms with E-state index >= 15 is 0 Å². The van der Waals surface area contributed by atoms with Crippen LogP contribution < -0.4 is 0 Å². The summed E-state index contributed by atoms with van der Waals surface area (Å²) in [7, 11) is 0. The van der Waals surface area contributed by atoms with Gasteiger partial charge in [-0.15, -0.1) is 12.4 Å². The molecule has 0 amide bonds. The van der Waals surface area contributed by atoms with Crippen LogP contribution in [-0.4, -0.2) is 0 Å². The highest BCUT2D eigenvalue weighted by Gasteiger charge is 2.22. The molecule has 0 nitrogen and oxygen atoms in total. The molecule has 0 saturated carbocycles. The first kappa shape index (κ1) is 23.6. The number of halogens is 1. The van der Waals surface area contributed by atoms with E-state index in [4.69, 9.17) is 0 Å². The topological polar surface area (TPSA) is 0 Å². The largest absolute Gasteiger partial charge is 0.147 e. The molecule has 0 heterocycles. The minimum Gasteiger partial charge on any atom is -0.147 e. The number of unbranched alkanes of at least 4 members (excludes halogenated alkanes) is 9. The average molecular weight is 319 g/mol. The smallest absolute Gasteiger partial charge is 0.0326 e. The van der Waals surface area contributed by atoms with Crippen molar-refractivity contribution in [2.24, 2.45) is 5.41 Å². The molecule has 0 bridgehead atoms. The van der Waals surface area contributed by atoms with E-state index in [9.17, 15) is 0 Å². The summed E-state index contributed by atoms with van der Waals surface area (Å²) in [5.41, 5.74) is 0.648. The Morgan fingerprint density at radius 3 is 1.00 bits per heavy atom. The predicted molar refractivity (Wildman–Crippen MR) is 102 cm³/mol. The van der Waals surface area contributed by atoms with E-state index in [-0.39, 0.29) is 12.4 Å². The molecule has 0 unspecified atom stereocenters. The zero-order valence-electron chi connectivity index (χ0n) is 15.5. The fraction of sp³-hybridized carbons (Fsp3) is 1.00. The Morgan fingerprint density at radius 1 is 0.476 bits per heavy atom. The third-order valence-electron chi connectivity index (χ3n) is 4.90. The van der Waals surface area contributed by atoms with Gasteiger partial charge in [0.15, 0.2) is 0 Å². The van der Waals surface area contributed by atoms with Gasteiger partial charge in [-0.25, -0.2) is 0 Å². The Kier molecular flexibility index (Phi) is 18.7. The molecule has 0 atom stereocenters. The van der Waals surface area contributed by atoms with E-state index in [1.54, 1.807) is 0 Å². The van der Waals surface area contributed by atoms with Gasteiger partial charge < -0.3 is 0 Å². The molecule has 0 saturated heterocycles. The van der Waals surface area contributed by atoms with Gasteiger partial charge in [-0.05, 0) is 24.7 Å². The van der Waals surface area contributed by atoms with E-state index in [1.807, 2.05) is 0 Å². The number of hydrogen-bond acceptors (Lipinski definition) is 0. The molecule has 0 radical (unpaired) electrons. The second kappa shape index (κ2) is 16.7. The predicted octanol–water partition coefficient (Wildman–Crippen LogP) is 8.33. The highest BCUT2D eigenvalue weighted by molar-refractivity contribution is 5.85. The van der Waals surface area contributed by atoms with Gasteiger partial charge in [0.05, 0.1) is 0 Å². The van der Waals surface area contributed by atoms with Crippen molar-refractivity contribution >= 4 is 12.4 Å². The SMILES string of the molecule is CCCCCCC(C)(CCCCCC)CCCCCC.Cl. The molecular formula is C20H43Cl. The molecule has 0 aromatic heterocycles. The quantitative estimate of drug-likeness (QED) is 0.266. The Morgan fingerprint density at radius 2 is 0.762 bits per heavy atom. The van der Waals surface area contributed by atoms with Crippen LogP contribution in [0, 0.1) is 5.41 Å². The lowest BCUT2D eigenvalue weighted by Crippen LogP contribution is -2.16. The third-order valence-corrected chi connectivity index (χ3v) is 4.90. The highest BCUT2D eigenvalue weighted by atomic mass is 35.5. The summed E-state index contributed by atoms with van der Waals surface area (Å²) in [4.78, 5) is 0. The van der Waals surface area contributed by atoms with Crippen LogP contribution >= 0.6 is 12.4 Å². The summed E-state index contributed by atoms with van der Waals surface area (Å²) >= 11 is 0. The number of rotatable bonds is 15. The second-order valence-electron chi connectivity index (χ2n) is 7.24. The van der Waals surface area contributed by atoms with Gasteiger partial charge in [0, 0.05) is 0 Å². The Balaban J connectivity index is 0. The summed E-state index contributed by atoms with van der Waals surface area (Å²) in [6, 6.07) is 0. The monoisotopic (exact) mass is 318 g/mol. The van der Waals surface area contributed by atoms with Gasteiger partial charge in [0.2, 0.25) is 0 Å². The Bertz CT molecular complexity index is 157. The van der Waals surface area contributed by atoms with Crippen LogP contribution in [0.25, 0.3) is 0 Å². The highest BCUT2D eigenvalue weighted by Crippen LogP contribution is 2.36. The van der Waals surface area contributed by atoms with E-state index in [0.717, 1.165) is 0 Å². The molecule has 0 aromatic carbocycles. The fourth-order valence-electron chi connectivity index (χ4n) is 3.31. The lowest BCUT2D eigenvalue weighted by Gasteiger charge is -2.30. The van der Waals surface area contributed by atoms with Crippen LogP contribution in [0.2, 0.25) is 0 Å². The van der Waals surface area contributed by atoms with E-state index < -0.39 is 0 Å². The first-order valence-corrected chi connectivity index (χ1v) is 9.68. The third kappa shape index (κ3) is 15.0. The molecule has 1 heteroatoms. The van der Waals surface area contributed by atoms with Crippen molar-refractivity contribution in [3.63, 3.8) is 0 Å². The van der Waals surface area contributed by atoms with E-state index in [2.05, 4.69) is 27.7 Å². The van der Waals surface area contributed by atoms with Gasteiger partial charge in [0.1, 0.15) is 0 Å². The lowest BCUT2D eigenvalue weighted by atomic mass is 9.76. The maximum absolute atomic E-state index is 2.58. The fourth-order valence-corrected chi connectivity index (χ4v) is 3.31. The van der Waals surface area contributed by atoms with Gasteiger partial charge in [-0.2, -0.15) is 0 Å². The molecule has 0 aliphatic rings. The van der Waals surface area contributed by atoms with Crippen molar-refractivity contribution < 1.29 is 0 Å². The summed E-state index contributed by atoms with van der Waals surface area (Å²) in [5, 5.41) is 0. The molecule has 21 heavy (non-hydrogen) atoms. The van der Waals surface area contributed by atoms with Gasteiger partial charge in [-0.3, -0.25) is 0 Å². The van der Waals surface area contributed by atoms with Crippen LogP contribution in [0.1, 0.15) is 124 Å². The van der Waals surface area contributed by atoms with Crippen molar-refractivity contribution in [3.8, 4) is 0 Å². The molecule has 0 aromatic rings. The maximum atomic E-state index is 2.58. The average Bonchev–Trinajstić information content (AvgIpc) is 2.45. The maximum Gasteiger partial charge on any atom is -0.0326 e. The summed E-state index contributed by atoms with van der Waals surface area (Å²) in [5.74, 6) is 0. The molecule has 0 spiro atoms. The minimum atomic E-state index is 0. The van der Waals surface area contributed by atoms with Gasteiger partial charge >= 0.3 is 0 Å². The molecule has 0 rings (SSSR count). The molecule has 0 aliphatic carbocycles. The van der Waals surface area contributed by atoms with Crippen LogP contribution in [0.5, 0.6) is 0 Å². The standard InChI is InChI=1S/C20H42.ClH/c1-5-8-11-14-17-20(4,18-15-12-9-6-2)19-16-13-10-7-3;/h5-19H2,1-4H3;1H. The van der Waals surface area contributed by atoms with Crippen LogP contribution in [0.3, 0.4) is 0 Å². The zero-order valence-corrected chi connectivity index (χ0v) is 16.3. The van der Waals surface area contributed by atoms with E-state index in [0.29, 0.717) is 5.41 Å². The van der Waals surface area contributed by atoms with Crippen molar-refractivity contribution in [1.29, 1.82) is 0 Å². The normalized spacial score (nSPS) is 11.4. The molecule has 0 aliphatic heterocycles. The Labute approximate surface area is 142 Å². The van der Waals surface area contributed by atoms with Crippen molar-refractivity contribution in [1.82, 2.24) is 0 Å². The van der Waals surface area contributed by atoms with Gasteiger partial charge in [0.25, 0.3) is 0 Å². The molecule has 0 fully saturated rings. The van der Waals surface area contributed by atoms with Crippen LogP contribution in [-0.2, 0) is 0 Å². The second-order valence-corrected chi connectivity index (χ2v) is 7.24. The lowest BCUT2D eigenvalue weighted by molar-refractivity contribution is 0.223. The summed E-state index contributed by atoms with van der Waals surface area (Å²) in [6.45, 7) is 9.52. The number of hydrogen-bond donors (Lipinski definition) is 0.